The van der Waals surface area contributed by atoms with Gasteiger partial charge in [0.05, 0.1) is 36.3 Å². The van der Waals surface area contributed by atoms with Crippen LogP contribution in [0.25, 0.3) is 0 Å². The number of methoxy groups -OCH3 is 1. The van der Waals surface area contributed by atoms with E-state index in [0.29, 0.717) is 6.42 Å². The molecule has 1 aromatic heterocycles. The van der Waals surface area contributed by atoms with Crippen molar-refractivity contribution in [2.45, 2.75) is 31.8 Å². The van der Waals surface area contributed by atoms with Crippen molar-refractivity contribution in [3.8, 4) is 5.75 Å². The average molecular weight is 445 g/mol. The number of hydrazone groups is 2. The second-order valence-electron chi connectivity index (χ2n) is 7.89. The van der Waals surface area contributed by atoms with E-state index in [0.717, 1.165) is 40.4 Å². The fourth-order valence-corrected chi connectivity index (χ4v) is 5.11. The normalized spacial score (nSPS) is 20.3. The summed E-state index contributed by atoms with van der Waals surface area (Å²) in [6.45, 7) is 1.57. The van der Waals surface area contributed by atoms with E-state index >= 15 is 0 Å². The number of hydrogen-bond donors (Lipinski definition) is 0. The van der Waals surface area contributed by atoms with Crippen molar-refractivity contribution >= 4 is 34.4 Å². The molecule has 3 heterocycles. The summed E-state index contributed by atoms with van der Waals surface area (Å²) >= 11 is 1.66. The van der Waals surface area contributed by atoms with E-state index < -0.39 is 0 Å². The number of amides is 1. The smallest absolute Gasteiger partial charge is 0.239 e. The molecule has 0 aliphatic carbocycles. The lowest BCUT2D eigenvalue weighted by Gasteiger charge is -2.32. The molecule has 32 heavy (non-hydrogen) atoms. The van der Waals surface area contributed by atoms with E-state index in [2.05, 4.69) is 34.0 Å². The van der Waals surface area contributed by atoms with Gasteiger partial charge in [-0.05, 0) is 41.1 Å². The molecule has 5 rings (SSSR count). The number of carbonyl (C=O) groups is 1. The van der Waals surface area contributed by atoms with Crippen LogP contribution >= 0.6 is 11.3 Å². The summed E-state index contributed by atoms with van der Waals surface area (Å²) in [6, 6.07) is 19.9. The number of thiophene rings is 1. The second kappa shape index (κ2) is 8.59. The fourth-order valence-electron chi connectivity index (χ4n) is 4.44. The molecule has 162 valence electrons. The molecule has 2 aromatic carbocycles. The molecule has 0 unspecified atom stereocenters. The number of rotatable bonds is 5. The maximum atomic E-state index is 12.6. The van der Waals surface area contributed by atoms with E-state index in [1.165, 1.54) is 0 Å². The summed E-state index contributed by atoms with van der Waals surface area (Å²) in [7, 11) is 1.66. The Morgan fingerprint density at radius 3 is 2.44 bits per heavy atom. The van der Waals surface area contributed by atoms with Crippen molar-refractivity contribution in [1.29, 1.82) is 0 Å². The van der Waals surface area contributed by atoms with Gasteiger partial charge in [-0.1, -0.05) is 30.3 Å². The number of anilines is 1. The summed E-state index contributed by atoms with van der Waals surface area (Å²) in [5.74, 6) is 0.689. The zero-order valence-electron chi connectivity index (χ0n) is 18.0. The van der Waals surface area contributed by atoms with Crippen LogP contribution in [0.3, 0.4) is 0 Å². The van der Waals surface area contributed by atoms with Crippen LogP contribution in [-0.4, -0.2) is 41.5 Å². The number of ether oxygens (including phenoxy) is 1. The summed E-state index contributed by atoms with van der Waals surface area (Å²) in [5, 5.41) is 17.6. The van der Waals surface area contributed by atoms with Gasteiger partial charge in [-0.15, -0.1) is 0 Å². The van der Waals surface area contributed by atoms with Crippen LogP contribution in [-0.2, 0) is 4.79 Å². The van der Waals surface area contributed by atoms with Crippen molar-refractivity contribution in [2.24, 2.45) is 10.2 Å². The Labute approximate surface area is 191 Å². The molecule has 2 atom stereocenters. The molecule has 2 aliphatic rings. The van der Waals surface area contributed by atoms with Crippen LogP contribution in [0.1, 0.15) is 30.9 Å². The predicted molar refractivity (Wildman–Crippen MR) is 129 cm³/mol. The molecule has 0 bridgehead atoms. The highest BCUT2D eigenvalue weighted by atomic mass is 32.1. The molecule has 7 heteroatoms. The van der Waals surface area contributed by atoms with Gasteiger partial charge in [0, 0.05) is 30.9 Å². The van der Waals surface area contributed by atoms with Crippen LogP contribution in [0.2, 0.25) is 0 Å². The molecule has 1 amide bonds. The Balaban J connectivity index is 1.51. The summed E-state index contributed by atoms with van der Waals surface area (Å²) in [4.78, 5) is 12.6. The Hall–Kier alpha value is -3.45. The van der Waals surface area contributed by atoms with E-state index in [1.54, 1.807) is 30.4 Å². The summed E-state index contributed by atoms with van der Waals surface area (Å²) in [6.07, 6.45) is 1.38. The number of nitrogens with zero attached hydrogens (tertiary/aromatic N) is 4. The molecule has 6 nitrogen and oxygen atoms in total. The van der Waals surface area contributed by atoms with Gasteiger partial charge in [-0.2, -0.15) is 21.5 Å². The minimum atomic E-state index is -0.132. The first kappa shape index (κ1) is 20.5. The maximum absolute atomic E-state index is 12.6. The van der Waals surface area contributed by atoms with Gasteiger partial charge in [0.25, 0.3) is 0 Å². The molecule has 3 aromatic rings. The molecule has 0 radical (unpaired) electrons. The Kier molecular flexibility index (Phi) is 5.49. The molecule has 0 spiro atoms. The number of benzene rings is 2. The molecule has 0 N–H and O–H groups in total. The van der Waals surface area contributed by atoms with Gasteiger partial charge >= 0.3 is 0 Å². The number of para-hydroxylation sites is 2. The highest BCUT2D eigenvalue weighted by molar-refractivity contribution is 7.08. The van der Waals surface area contributed by atoms with Crippen LogP contribution in [0.15, 0.2) is 81.6 Å². The van der Waals surface area contributed by atoms with Gasteiger partial charge in [0.2, 0.25) is 5.91 Å². The summed E-state index contributed by atoms with van der Waals surface area (Å²) < 4.78 is 5.55. The van der Waals surface area contributed by atoms with Gasteiger partial charge in [-0.25, -0.2) is 5.01 Å². The van der Waals surface area contributed by atoms with Crippen LogP contribution in [0.5, 0.6) is 5.75 Å². The van der Waals surface area contributed by atoms with Gasteiger partial charge in [0.1, 0.15) is 5.75 Å². The first-order valence-corrected chi connectivity index (χ1v) is 11.5. The van der Waals surface area contributed by atoms with Crippen LogP contribution in [0, 0.1) is 0 Å². The minimum Gasteiger partial charge on any atom is -0.496 e. The van der Waals surface area contributed by atoms with E-state index in [9.17, 15) is 4.79 Å². The van der Waals surface area contributed by atoms with Gasteiger partial charge in [-0.3, -0.25) is 9.80 Å². The molecular formula is C25H24N4O2S. The Bertz CT molecular complexity index is 1170. The van der Waals surface area contributed by atoms with Gasteiger partial charge < -0.3 is 4.74 Å². The van der Waals surface area contributed by atoms with Crippen molar-refractivity contribution in [2.75, 3.05) is 12.1 Å². The quantitative estimate of drug-likeness (QED) is 0.570. The van der Waals surface area contributed by atoms with Crippen molar-refractivity contribution in [1.82, 2.24) is 5.01 Å². The molecule has 0 saturated carbocycles. The van der Waals surface area contributed by atoms with Crippen LogP contribution < -0.4 is 9.75 Å². The Morgan fingerprint density at radius 1 is 0.969 bits per heavy atom. The van der Waals surface area contributed by atoms with Crippen molar-refractivity contribution in [3.63, 3.8) is 0 Å². The highest BCUT2D eigenvalue weighted by Crippen LogP contribution is 2.36. The zero-order chi connectivity index (χ0) is 22.1. The van der Waals surface area contributed by atoms with Crippen molar-refractivity contribution in [3.05, 3.63) is 82.6 Å². The molecule has 0 saturated heterocycles. The first-order chi connectivity index (χ1) is 15.7. The second-order valence-corrected chi connectivity index (χ2v) is 8.67. The van der Waals surface area contributed by atoms with E-state index in [-0.39, 0.29) is 18.0 Å². The highest BCUT2D eigenvalue weighted by Gasteiger charge is 2.43. The average Bonchev–Trinajstić information content (AvgIpc) is 3.58. The standard InChI is InChI=1S/C25H24N4O2S/c1-17(30)28-23(15-22(27-28)20-10-6-7-11-25(20)31-2)24-14-21(18-12-13-32-16-18)26-29(24)19-8-4-3-5-9-19/h3-13,16,23-24H,14-15H2,1-2H3/t23-,24+/m0/s1. The molecular weight excluding hydrogens is 420 g/mol. The van der Waals surface area contributed by atoms with Crippen molar-refractivity contribution < 1.29 is 9.53 Å². The van der Waals surface area contributed by atoms with Crippen LogP contribution in [0.4, 0.5) is 5.69 Å². The molecule has 0 fully saturated rings. The first-order valence-electron chi connectivity index (χ1n) is 10.6. The third-order valence-electron chi connectivity index (χ3n) is 5.95. The predicted octanol–water partition coefficient (Wildman–Crippen LogP) is 4.76. The number of carbonyl (C=O) groups excluding carboxylic acids is 1. The minimum absolute atomic E-state index is 0.0212. The lowest BCUT2D eigenvalue weighted by Crippen LogP contribution is -2.46. The SMILES string of the molecule is COc1ccccc1C1=NN(C(C)=O)[C@H]([C@H]2CC(c3ccsc3)=NN2c2ccccc2)C1. The number of hydrogen-bond acceptors (Lipinski definition) is 6. The molecule has 2 aliphatic heterocycles. The van der Waals surface area contributed by atoms with Gasteiger partial charge in [0.15, 0.2) is 0 Å². The Morgan fingerprint density at radius 2 is 1.72 bits per heavy atom. The zero-order valence-corrected chi connectivity index (χ0v) is 18.8. The third kappa shape index (κ3) is 3.69. The van der Waals surface area contributed by atoms with E-state index in [1.807, 2.05) is 42.5 Å². The summed E-state index contributed by atoms with van der Waals surface area (Å²) in [5.41, 5.74) is 4.97. The fraction of sp³-hybridized carbons (Fsp3) is 0.240. The third-order valence-corrected chi connectivity index (χ3v) is 6.63. The lowest BCUT2D eigenvalue weighted by molar-refractivity contribution is -0.130. The van der Waals surface area contributed by atoms with E-state index in [4.69, 9.17) is 14.9 Å². The largest absolute Gasteiger partial charge is 0.496 e. The lowest BCUT2D eigenvalue weighted by atomic mass is 9.94. The monoisotopic (exact) mass is 444 g/mol. The topological polar surface area (TPSA) is 57.5 Å². The maximum Gasteiger partial charge on any atom is 0.239 e.